The van der Waals surface area contributed by atoms with Gasteiger partial charge < -0.3 is 14.4 Å². The molecule has 0 N–H and O–H groups in total. The van der Waals surface area contributed by atoms with Gasteiger partial charge in [-0.1, -0.05) is 36.4 Å². The Kier molecular flexibility index (Phi) is 7.10. The van der Waals surface area contributed by atoms with E-state index < -0.39 is 0 Å². The normalized spacial score (nSPS) is 20.1. The van der Waals surface area contributed by atoms with E-state index in [-0.39, 0.29) is 11.9 Å². The Morgan fingerprint density at radius 3 is 2.45 bits per heavy atom. The minimum absolute atomic E-state index is 0.212. The molecule has 1 amide bonds. The quantitative estimate of drug-likeness (QED) is 0.685. The van der Waals surface area contributed by atoms with Crippen LogP contribution in [0.5, 0.6) is 11.5 Å². The highest BCUT2D eigenvalue weighted by molar-refractivity contribution is 5.78. The first kappa shape index (κ1) is 21.7. The molecule has 0 unspecified atom stereocenters. The van der Waals surface area contributed by atoms with Crippen LogP contribution in [0.2, 0.25) is 0 Å². The van der Waals surface area contributed by atoms with Crippen molar-refractivity contribution in [3.05, 3.63) is 59.7 Å². The first-order valence-electron chi connectivity index (χ1n) is 11.2. The highest BCUT2D eigenvalue weighted by atomic mass is 16.5. The maximum absolute atomic E-state index is 13.1. The molecule has 2 aliphatic rings. The van der Waals surface area contributed by atoms with Crippen molar-refractivity contribution in [3.8, 4) is 11.5 Å². The lowest BCUT2D eigenvalue weighted by molar-refractivity contribution is -0.134. The zero-order valence-electron chi connectivity index (χ0n) is 18.6. The van der Waals surface area contributed by atoms with Gasteiger partial charge in [-0.2, -0.15) is 0 Å². The molecular weight excluding hydrogens is 390 g/mol. The van der Waals surface area contributed by atoms with Crippen LogP contribution in [-0.4, -0.2) is 74.1 Å². The maximum atomic E-state index is 13.1. The third-order valence-corrected chi connectivity index (χ3v) is 6.48. The van der Waals surface area contributed by atoms with Crippen molar-refractivity contribution < 1.29 is 14.3 Å². The highest BCUT2D eigenvalue weighted by Gasteiger charge is 2.31. The van der Waals surface area contributed by atoms with Crippen molar-refractivity contribution in [2.45, 2.75) is 25.4 Å². The van der Waals surface area contributed by atoms with Gasteiger partial charge in [0, 0.05) is 50.4 Å². The van der Waals surface area contributed by atoms with E-state index in [1.807, 2.05) is 23.1 Å². The van der Waals surface area contributed by atoms with Crippen LogP contribution >= 0.6 is 0 Å². The van der Waals surface area contributed by atoms with Crippen molar-refractivity contribution in [2.75, 3.05) is 53.5 Å². The molecule has 31 heavy (non-hydrogen) atoms. The van der Waals surface area contributed by atoms with Gasteiger partial charge in [0.2, 0.25) is 5.91 Å². The van der Waals surface area contributed by atoms with Crippen LogP contribution in [0.3, 0.4) is 0 Å². The van der Waals surface area contributed by atoms with Crippen molar-refractivity contribution >= 4 is 5.91 Å². The molecule has 1 atom stereocenters. The molecule has 2 aromatic carbocycles. The fourth-order valence-electron chi connectivity index (χ4n) is 4.73. The molecule has 0 radical (unpaired) electrons. The highest BCUT2D eigenvalue weighted by Crippen LogP contribution is 2.38. The zero-order valence-corrected chi connectivity index (χ0v) is 18.6. The zero-order chi connectivity index (χ0) is 21.6. The second kappa shape index (κ2) is 10.2. The third kappa shape index (κ3) is 5.20. The van der Waals surface area contributed by atoms with Gasteiger partial charge in [-0.15, -0.1) is 0 Å². The van der Waals surface area contributed by atoms with Gasteiger partial charge in [0.1, 0.15) is 11.5 Å². The van der Waals surface area contributed by atoms with E-state index in [1.54, 1.807) is 14.2 Å². The van der Waals surface area contributed by atoms with Gasteiger partial charge in [0.25, 0.3) is 0 Å². The van der Waals surface area contributed by atoms with E-state index in [4.69, 9.17) is 9.47 Å². The molecule has 0 saturated carbocycles. The van der Waals surface area contributed by atoms with Crippen LogP contribution in [0.25, 0.3) is 0 Å². The minimum Gasteiger partial charge on any atom is -0.497 e. The molecule has 2 heterocycles. The number of carbonyl (C=O) groups is 1. The summed E-state index contributed by atoms with van der Waals surface area (Å²) in [7, 11) is 3.35. The molecular formula is C25H33N3O3. The molecule has 2 aromatic rings. The smallest absolute Gasteiger partial charge is 0.236 e. The van der Waals surface area contributed by atoms with Crippen LogP contribution in [0.4, 0.5) is 0 Å². The first-order chi connectivity index (χ1) is 15.2. The van der Waals surface area contributed by atoms with E-state index in [1.165, 1.54) is 5.56 Å². The number of hydrogen-bond acceptors (Lipinski definition) is 5. The molecule has 4 rings (SSSR count). The van der Waals surface area contributed by atoms with Crippen molar-refractivity contribution in [1.29, 1.82) is 0 Å². The third-order valence-electron chi connectivity index (χ3n) is 6.48. The Bertz CT molecular complexity index is 866. The number of nitrogens with zero attached hydrogens (tertiary/aromatic N) is 3. The molecule has 6 nitrogen and oxygen atoms in total. The summed E-state index contributed by atoms with van der Waals surface area (Å²) in [5.41, 5.74) is 2.47. The van der Waals surface area contributed by atoms with E-state index >= 15 is 0 Å². The average Bonchev–Trinajstić information content (AvgIpc) is 3.27. The monoisotopic (exact) mass is 423 g/mol. The number of ether oxygens (including phenoxy) is 2. The molecule has 0 aliphatic carbocycles. The van der Waals surface area contributed by atoms with Crippen LogP contribution < -0.4 is 9.47 Å². The number of rotatable bonds is 7. The molecule has 0 aromatic heterocycles. The fraction of sp³-hybridized carbons (Fsp3) is 0.480. The van der Waals surface area contributed by atoms with Gasteiger partial charge in [0.15, 0.2) is 0 Å². The number of methoxy groups -OCH3 is 2. The maximum Gasteiger partial charge on any atom is 0.236 e. The predicted molar refractivity (Wildman–Crippen MR) is 121 cm³/mol. The summed E-state index contributed by atoms with van der Waals surface area (Å²) >= 11 is 0. The summed E-state index contributed by atoms with van der Waals surface area (Å²) in [6, 6.07) is 16.7. The summed E-state index contributed by atoms with van der Waals surface area (Å²) in [5.74, 6) is 1.85. The molecule has 0 spiro atoms. The molecule has 6 heteroatoms. The Balaban J connectivity index is 1.33. The van der Waals surface area contributed by atoms with Crippen LogP contribution in [0.1, 0.15) is 30.0 Å². The minimum atomic E-state index is 0.212. The van der Waals surface area contributed by atoms with Crippen molar-refractivity contribution in [1.82, 2.24) is 14.7 Å². The summed E-state index contributed by atoms with van der Waals surface area (Å²) < 4.78 is 11.0. The molecule has 2 aliphatic heterocycles. The number of hydrogen-bond donors (Lipinski definition) is 0. The second-order valence-electron chi connectivity index (χ2n) is 8.38. The molecule has 166 valence electrons. The number of likely N-dealkylation sites (tertiary alicyclic amines) is 1. The summed E-state index contributed by atoms with van der Waals surface area (Å²) in [5, 5.41) is 0. The lowest BCUT2D eigenvalue weighted by Crippen LogP contribution is -2.50. The summed E-state index contributed by atoms with van der Waals surface area (Å²) in [4.78, 5) is 19.8. The Morgan fingerprint density at radius 2 is 1.74 bits per heavy atom. The molecule has 2 fully saturated rings. The largest absolute Gasteiger partial charge is 0.497 e. The SMILES string of the molecule is COc1ccc([C@H]2CCCN2CC(=O)N2CCN(Cc3ccccc3)CC2)c(OC)c1. The average molecular weight is 424 g/mol. The number of carbonyl (C=O) groups excluding carboxylic acids is 1. The molecule has 2 saturated heterocycles. The van der Waals surface area contributed by atoms with Crippen LogP contribution in [0.15, 0.2) is 48.5 Å². The van der Waals surface area contributed by atoms with E-state index in [9.17, 15) is 4.79 Å². The Labute approximate surface area is 185 Å². The predicted octanol–water partition coefficient (Wildman–Crippen LogP) is 3.19. The van der Waals surface area contributed by atoms with E-state index in [0.29, 0.717) is 6.54 Å². The van der Waals surface area contributed by atoms with Gasteiger partial charge in [0.05, 0.1) is 20.8 Å². The number of benzene rings is 2. The Hall–Kier alpha value is -2.57. The summed E-state index contributed by atoms with van der Waals surface area (Å²) in [6.07, 6.45) is 2.14. The second-order valence-corrected chi connectivity index (χ2v) is 8.38. The van der Waals surface area contributed by atoms with Gasteiger partial charge in [-0.25, -0.2) is 0 Å². The van der Waals surface area contributed by atoms with Gasteiger partial charge in [-0.05, 0) is 31.0 Å². The number of piperazine rings is 1. The van der Waals surface area contributed by atoms with E-state index in [0.717, 1.165) is 69.2 Å². The van der Waals surface area contributed by atoms with Crippen LogP contribution in [-0.2, 0) is 11.3 Å². The van der Waals surface area contributed by atoms with Crippen molar-refractivity contribution in [2.24, 2.45) is 0 Å². The van der Waals surface area contributed by atoms with Crippen LogP contribution in [0, 0.1) is 0 Å². The Morgan fingerprint density at radius 1 is 0.968 bits per heavy atom. The van der Waals surface area contributed by atoms with E-state index in [2.05, 4.69) is 40.1 Å². The van der Waals surface area contributed by atoms with Gasteiger partial charge in [-0.3, -0.25) is 14.6 Å². The standard InChI is InChI=1S/C25H33N3O3/c1-30-21-10-11-22(24(17-21)31-2)23-9-6-12-28(23)19-25(29)27-15-13-26(14-16-27)18-20-7-4-3-5-8-20/h3-5,7-8,10-11,17,23H,6,9,12-16,18-19H2,1-2H3/t23-/m1/s1. The van der Waals surface area contributed by atoms with Gasteiger partial charge >= 0.3 is 0 Å². The molecule has 0 bridgehead atoms. The lowest BCUT2D eigenvalue weighted by atomic mass is 10.0. The first-order valence-corrected chi connectivity index (χ1v) is 11.2. The van der Waals surface area contributed by atoms with Crippen molar-refractivity contribution in [3.63, 3.8) is 0 Å². The topological polar surface area (TPSA) is 45.2 Å². The fourth-order valence-corrected chi connectivity index (χ4v) is 4.73. The lowest BCUT2D eigenvalue weighted by Gasteiger charge is -2.36. The summed E-state index contributed by atoms with van der Waals surface area (Å²) in [6.45, 7) is 5.82. The number of amides is 1.